The van der Waals surface area contributed by atoms with Crippen LogP contribution in [-0.2, 0) is 4.74 Å². The summed E-state index contributed by atoms with van der Waals surface area (Å²) in [5.41, 5.74) is 1.30. The summed E-state index contributed by atoms with van der Waals surface area (Å²) in [6.45, 7) is 3.76. The third kappa shape index (κ3) is 3.25. The van der Waals surface area contributed by atoms with Crippen LogP contribution in [0, 0.1) is 6.92 Å². The molecule has 4 nitrogen and oxygen atoms in total. The SMILES string of the molecule is CCOC(=O)c1oc(-c2cc(Br)cc(Br)c2)nc1C. The molecule has 2 rings (SSSR count). The molecule has 0 fully saturated rings. The van der Waals surface area contributed by atoms with Crippen LogP contribution in [0.2, 0.25) is 0 Å². The Balaban J connectivity index is 2.41. The minimum atomic E-state index is -0.493. The average Bonchev–Trinajstić information content (AvgIpc) is 2.70. The highest BCUT2D eigenvalue weighted by Gasteiger charge is 2.19. The number of nitrogens with zero attached hydrogens (tertiary/aromatic N) is 1. The molecule has 0 saturated heterocycles. The quantitative estimate of drug-likeness (QED) is 0.733. The first-order valence-corrected chi connectivity index (χ1v) is 7.21. The summed E-state index contributed by atoms with van der Waals surface area (Å²) in [5, 5.41) is 0. The second-order valence-corrected chi connectivity index (χ2v) is 5.64. The van der Waals surface area contributed by atoms with Crippen molar-refractivity contribution in [2.45, 2.75) is 13.8 Å². The van der Waals surface area contributed by atoms with Crippen LogP contribution in [0.25, 0.3) is 11.5 Å². The van der Waals surface area contributed by atoms with Gasteiger partial charge < -0.3 is 9.15 Å². The third-order valence-corrected chi connectivity index (χ3v) is 3.28. The Labute approximate surface area is 127 Å². The Morgan fingerprint density at radius 3 is 2.53 bits per heavy atom. The van der Waals surface area contributed by atoms with Crippen molar-refractivity contribution < 1.29 is 13.9 Å². The van der Waals surface area contributed by atoms with Crippen molar-refractivity contribution in [3.05, 3.63) is 38.6 Å². The molecule has 0 saturated carbocycles. The van der Waals surface area contributed by atoms with Crippen LogP contribution in [0.3, 0.4) is 0 Å². The van der Waals surface area contributed by atoms with Gasteiger partial charge in [-0.05, 0) is 32.0 Å². The van der Waals surface area contributed by atoms with Crippen molar-refractivity contribution in [3.63, 3.8) is 0 Å². The average molecular weight is 389 g/mol. The molecule has 0 spiro atoms. The van der Waals surface area contributed by atoms with Gasteiger partial charge in [-0.25, -0.2) is 9.78 Å². The maximum absolute atomic E-state index is 11.7. The number of aromatic nitrogens is 1. The number of benzene rings is 1. The van der Waals surface area contributed by atoms with Crippen molar-refractivity contribution >= 4 is 37.8 Å². The lowest BCUT2D eigenvalue weighted by atomic mass is 10.2. The minimum Gasteiger partial charge on any atom is -0.460 e. The Morgan fingerprint density at radius 2 is 1.95 bits per heavy atom. The molecule has 0 unspecified atom stereocenters. The van der Waals surface area contributed by atoms with E-state index in [4.69, 9.17) is 9.15 Å². The van der Waals surface area contributed by atoms with E-state index in [1.54, 1.807) is 13.8 Å². The standard InChI is InChI=1S/C13H11Br2NO3/c1-3-18-13(17)11-7(2)16-12(19-11)8-4-9(14)6-10(15)5-8/h4-6H,3H2,1-2H3. The fraction of sp³-hybridized carbons (Fsp3) is 0.231. The van der Waals surface area contributed by atoms with Crippen LogP contribution in [0.5, 0.6) is 0 Å². The van der Waals surface area contributed by atoms with Crippen molar-refractivity contribution in [3.8, 4) is 11.5 Å². The zero-order chi connectivity index (χ0) is 14.0. The van der Waals surface area contributed by atoms with Crippen LogP contribution in [0.4, 0.5) is 0 Å². The molecule has 1 aromatic carbocycles. The van der Waals surface area contributed by atoms with Crippen LogP contribution >= 0.6 is 31.9 Å². The summed E-state index contributed by atoms with van der Waals surface area (Å²) in [4.78, 5) is 15.9. The highest BCUT2D eigenvalue weighted by Crippen LogP contribution is 2.28. The molecule has 0 bridgehead atoms. The zero-order valence-electron chi connectivity index (χ0n) is 10.4. The third-order valence-electron chi connectivity index (χ3n) is 2.37. The van der Waals surface area contributed by atoms with E-state index in [1.807, 2.05) is 18.2 Å². The molecular formula is C13H11Br2NO3. The molecule has 2 aromatic rings. The van der Waals surface area contributed by atoms with E-state index in [9.17, 15) is 4.79 Å². The van der Waals surface area contributed by atoms with Crippen LogP contribution in [0.15, 0.2) is 31.6 Å². The monoisotopic (exact) mass is 387 g/mol. The molecule has 0 aliphatic rings. The minimum absolute atomic E-state index is 0.146. The zero-order valence-corrected chi connectivity index (χ0v) is 13.5. The molecule has 100 valence electrons. The Morgan fingerprint density at radius 1 is 1.32 bits per heavy atom. The van der Waals surface area contributed by atoms with Gasteiger partial charge in [-0.2, -0.15) is 0 Å². The molecular weight excluding hydrogens is 378 g/mol. The van der Waals surface area contributed by atoms with Crippen LogP contribution in [0.1, 0.15) is 23.2 Å². The summed E-state index contributed by atoms with van der Waals surface area (Å²) >= 11 is 6.80. The van der Waals surface area contributed by atoms with Crippen molar-refractivity contribution in [2.75, 3.05) is 6.61 Å². The fourth-order valence-electron chi connectivity index (χ4n) is 1.58. The van der Waals surface area contributed by atoms with Crippen LogP contribution < -0.4 is 0 Å². The van der Waals surface area contributed by atoms with E-state index in [2.05, 4.69) is 36.8 Å². The first kappa shape index (κ1) is 14.3. The summed E-state index contributed by atoms with van der Waals surface area (Å²) in [6.07, 6.45) is 0. The molecule has 1 heterocycles. The Bertz CT molecular complexity index is 602. The van der Waals surface area contributed by atoms with Gasteiger partial charge >= 0.3 is 5.97 Å². The van der Waals surface area contributed by atoms with Crippen molar-refractivity contribution in [2.24, 2.45) is 0 Å². The van der Waals surface area contributed by atoms with Gasteiger partial charge in [0.15, 0.2) is 0 Å². The van der Waals surface area contributed by atoms with E-state index in [1.165, 1.54) is 0 Å². The first-order valence-electron chi connectivity index (χ1n) is 5.62. The van der Waals surface area contributed by atoms with Gasteiger partial charge in [0, 0.05) is 14.5 Å². The van der Waals surface area contributed by atoms with Gasteiger partial charge in [-0.15, -0.1) is 0 Å². The first-order chi connectivity index (χ1) is 9.01. The number of aryl methyl sites for hydroxylation is 1. The van der Waals surface area contributed by atoms with Gasteiger partial charge in [0.25, 0.3) is 0 Å². The molecule has 0 radical (unpaired) electrons. The van der Waals surface area contributed by atoms with Gasteiger partial charge in [0.05, 0.1) is 12.3 Å². The van der Waals surface area contributed by atoms with Gasteiger partial charge in [0.1, 0.15) is 0 Å². The van der Waals surface area contributed by atoms with Gasteiger partial charge in [-0.3, -0.25) is 0 Å². The number of ether oxygens (including phenoxy) is 1. The molecule has 0 amide bonds. The normalized spacial score (nSPS) is 10.5. The predicted octanol–water partition coefficient (Wildman–Crippen LogP) is 4.35. The number of hydrogen-bond donors (Lipinski definition) is 0. The smallest absolute Gasteiger partial charge is 0.376 e. The summed E-state index contributed by atoms with van der Waals surface area (Å²) < 4.78 is 12.2. The van der Waals surface area contributed by atoms with Crippen molar-refractivity contribution in [1.29, 1.82) is 0 Å². The summed E-state index contributed by atoms with van der Waals surface area (Å²) in [5.74, 6) is 0.0447. The predicted molar refractivity (Wildman–Crippen MR) is 78.0 cm³/mol. The molecule has 6 heteroatoms. The topological polar surface area (TPSA) is 52.3 Å². The summed E-state index contributed by atoms with van der Waals surface area (Å²) in [6, 6.07) is 5.64. The van der Waals surface area contributed by atoms with E-state index < -0.39 is 5.97 Å². The number of halogens is 2. The highest BCUT2D eigenvalue weighted by atomic mass is 79.9. The Kier molecular flexibility index (Phi) is 4.42. The van der Waals surface area contributed by atoms with Crippen LogP contribution in [-0.4, -0.2) is 17.6 Å². The number of carbonyl (C=O) groups is 1. The van der Waals surface area contributed by atoms with Gasteiger partial charge in [-0.1, -0.05) is 31.9 Å². The Hall–Kier alpha value is -1.14. The number of esters is 1. The maximum Gasteiger partial charge on any atom is 0.376 e. The number of carbonyl (C=O) groups excluding carboxylic acids is 1. The second-order valence-electron chi connectivity index (χ2n) is 3.81. The number of rotatable bonds is 3. The highest BCUT2D eigenvalue weighted by molar-refractivity contribution is 9.11. The van der Waals surface area contributed by atoms with E-state index >= 15 is 0 Å². The number of hydrogen-bond acceptors (Lipinski definition) is 4. The molecule has 19 heavy (non-hydrogen) atoms. The lowest BCUT2D eigenvalue weighted by molar-refractivity contribution is 0.0490. The molecule has 0 atom stereocenters. The lowest BCUT2D eigenvalue weighted by Crippen LogP contribution is -2.04. The molecule has 0 aliphatic carbocycles. The van der Waals surface area contributed by atoms with Gasteiger partial charge in [0.2, 0.25) is 11.7 Å². The fourth-order valence-corrected chi connectivity index (χ4v) is 2.88. The van der Waals surface area contributed by atoms with Crippen molar-refractivity contribution in [1.82, 2.24) is 4.98 Å². The number of oxazole rings is 1. The second kappa shape index (κ2) is 5.88. The molecule has 1 aromatic heterocycles. The lowest BCUT2D eigenvalue weighted by Gasteiger charge is -1.99. The van der Waals surface area contributed by atoms with E-state index in [0.717, 1.165) is 14.5 Å². The largest absolute Gasteiger partial charge is 0.460 e. The van der Waals surface area contributed by atoms with E-state index in [0.29, 0.717) is 18.2 Å². The summed E-state index contributed by atoms with van der Waals surface area (Å²) in [7, 11) is 0. The van der Waals surface area contributed by atoms with E-state index in [-0.39, 0.29) is 5.76 Å². The maximum atomic E-state index is 11.7. The molecule has 0 aliphatic heterocycles. The molecule has 0 N–H and O–H groups in total.